The van der Waals surface area contributed by atoms with Crippen LogP contribution in [-0.4, -0.2) is 40.4 Å². The van der Waals surface area contributed by atoms with Crippen LogP contribution >= 0.6 is 51.2 Å². The van der Waals surface area contributed by atoms with Gasteiger partial charge in [0, 0.05) is 31.0 Å². The van der Waals surface area contributed by atoms with E-state index in [4.69, 9.17) is 9.73 Å². The quantitative estimate of drug-likeness (QED) is 0.326. The molecule has 0 fully saturated rings. The van der Waals surface area contributed by atoms with E-state index in [0.717, 1.165) is 47.3 Å². The molecule has 3 heterocycles. The minimum absolute atomic E-state index is 0. The van der Waals surface area contributed by atoms with Gasteiger partial charge in [0.25, 0.3) is 0 Å². The molecule has 0 saturated carbocycles. The van der Waals surface area contributed by atoms with Crippen LogP contribution in [0.3, 0.4) is 0 Å². The number of hydrogen-bond donors (Lipinski definition) is 2. The second-order valence-electron chi connectivity index (χ2n) is 5.84. The lowest BCUT2D eigenvalue weighted by Crippen LogP contribution is -2.47. The number of aromatic nitrogens is 3. The first-order chi connectivity index (χ1) is 12.2. The molecule has 10 heteroatoms. The van der Waals surface area contributed by atoms with Gasteiger partial charge < -0.3 is 15.4 Å². The Labute approximate surface area is 183 Å². The van der Waals surface area contributed by atoms with Gasteiger partial charge in [-0.15, -0.1) is 35.3 Å². The highest BCUT2D eigenvalue weighted by atomic mass is 127. The molecule has 26 heavy (non-hydrogen) atoms. The Kier molecular flexibility index (Phi) is 8.77. The highest BCUT2D eigenvalue weighted by Crippen LogP contribution is 2.22. The first-order valence-electron chi connectivity index (χ1n) is 8.38. The Balaban J connectivity index is 0.00000243. The molecule has 0 bridgehead atoms. The van der Waals surface area contributed by atoms with Crippen LogP contribution in [0.25, 0.3) is 0 Å². The van der Waals surface area contributed by atoms with Crippen molar-refractivity contribution in [3.63, 3.8) is 0 Å². The minimum Gasteiger partial charge on any atom is -0.377 e. The van der Waals surface area contributed by atoms with E-state index < -0.39 is 0 Å². The molecule has 2 aromatic rings. The number of guanidine groups is 1. The smallest absolute Gasteiger partial charge is 0.191 e. The van der Waals surface area contributed by atoms with Crippen LogP contribution in [-0.2, 0) is 30.9 Å². The predicted molar refractivity (Wildman–Crippen MR) is 118 cm³/mol. The van der Waals surface area contributed by atoms with Crippen molar-refractivity contribution in [3.05, 3.63) is 32.4 Å². The predicted octanol–water partition coefficient (Wildman–Crippen LogP) is 2.94. The molecular weight excluding hydrogens is 531 g/mol. The Morgan fingerprint density at radius 1 is 1.50 bits per heavy atom. The third-order valence-corrected chi connectivity index (χ3v) is 5.49. The first-order valence-corrected chi connectivity index (χ1v) is 9.99. The standard InChI is InChI=1S/C16H23BrN6OS.HI/c1-3-18-16(19-8-12-5-6-13(17)25-12)20-11-4-7-15-21-14(10-24-2)22-23(15)9-11;/h5-6,11H,3-4,7-10H2,1-2H3,(H2,18,19,20);1H. The van der Waals surface area contributed by atoms with Gasteiger partial charge in [0.2, 0.25) is 0 Å². The molecule has 0 aromatic carbocycles. The van der Waals surface area contributed by atoms with Gasteiger partial charge in [0.1, 0.15) is 12.4 Å². The number of aryl methyl sites for hydroxylation is 1. The highest BCUT2D eigenvalue weighted by Gasteiger charge is 2.22. The SMILES string of the molecule is CCNC(=NCc1ccc(Br)s1)NC1CCc2nc(COC)nn2C1.I. The van der Waals surface area contributed by atoms with E-state index in [1.54, 1.807) is 18.4 Å². The van der Waals surface area contributed by atoms with Crippen LogP contribution in [0.15, 0.2) is 20.9 Å². The molecule has 2 N–H and O–H groups in total. The summed E-state index contributed by atoms with van der Waals surface area (Å²) in [4.78, 5) is 10.5. The summed E-state index contributed by atoms with van der Waals surface area (Å²) in [7, 11) is 1.66. The Bertz CT molecular complexity index is 734. The van der Waals surface area contributed by atoms with Gasteiger partial charge in [-0.05, 0) is 41.4 Å². The molecule has 1 aliphatic heterocycles. The summed E-state index contributed by atoms with van der Waals surface area (Å²) < 4.78 is 8.23. The maximum atomic E-state index is 5.12. The number of halogens is 2. The number of ether oxygens (including phenoxy) is 1. The number of aliphatic imine (C=N–C) groups is 1. The molecule has 2 aromatic heterocycles. The topological polar surface area (TPSA) is 76.4 Å². The Hall–Kier alpha value is -0.720. The number of methoxy groups -OCH3 is 1. The molecule has 0 saturated heterocycles. The van der Waals surface area contributed by atoms with E-state index in [9.17, 15) is 0 Å². The van der Waals surface area contributed by atoms with E-state index in [1.165, 1.54) is 4.88 Å². The van der Waals surface area contributed by atoms with Crippen molar-refractivity contribution in [2.24, 2.45) is 4.99 Å². The molecule has 3 rings (SSSR count). The van der Waals surface area contributed by atoms with Crippen molar-refractivity contribution in [1.82, 2.24) is 25.4 Å². The van der Waals surface area contributed by atoms with Gasteiger partial charge in [-0.25, -0.2) is 14.7 Å². The van der Waals surface area contributed by atoms with E-state index in [2.05, 4.69) is 55.7 Å². The van der Waals surface area contributed by atoms with Crippen molar-refractivity contribution in [1.29, 1.82) is 0 Å². The van der Waals surface area contributed by atoms with Crippen molar-refractivity contribution >= 4 is 57.2 Å². The summed E-state index contributed by atoms with van der Waals surface area (Å²) in [5.41, 5.74) is 0. The van der Waals surface area contributed by atoms with E-state index in [0.29, 0.717) is 13.2 Å². The molecule has 0 aliphatic carbocycles. The van der Waals surface area contributed by atoms with Gasteiger partial charge in [-0.3, -0.25) is 0 Å². The fourth-order valence-corrected chi connectivity index (χ4v) is 4.18. The summed E-state index contributed by atoms with van der Waals surface area (Å²) in [6.45, 7) is 4.83. The normalized spacial score (nSPS) is 16.7. The molecule has 0 amide bonds. The fourth-order valence-electron chi connectivity index (χ4n) is 2.78. The van der Waals surface area contributed by atoms with E-state index >= 15 is 0 Å². The molecule has 1 unspecified atom stereocenters. The maximum Gasteiger partial charge on any atom is 0.191 e. The van der Waals surface area contributed by atoms with Crippen molar-refractivity contribution < 1.29 is 4.74 Å². The lowest BCUT2D eigenvalue weighted by atomic mass is 10.1. The highest BCUT2D eigenvalue weighted by molar-refractivity contribution is 14.0. The number of nitrogens with one attached hydrogen (secondary N) is 2. The maximum absolute atomic E-state index is 5.12. The molecule has 0 radical (unpaired) electrons. The summed E-state index contributed by atoms with van der Waals surface area (Å²) in [5.74, 6) is 2.63. The number of rotatable bonds is 6. The van der Waals surface area contributed by atoms with Crippen LogP contribution in [0.5, 0.6) is 0 Å². The van der Waals surface area contributed by atoms with Gasteiger partial charge in [0.15, 0.2) is 11.8 Å². The third-order valence-electron chi connectivity index (χ3n) is 3.88. The monoisotopic (exact) mass is 554 g/mol. The fraction of sp³-hybridized carbons (Fsp3) is 0.562. The zero-order valence-corrected chi connectivity index (χ0v) is 19.6. The molecule has 0 spiro atoms. The average molecular weight is 555 g/mol. The summed E-state index contributed by atoms with van der Waals surface area (Å²) in [6, 6.07) is 4.44. The van der Waals surface area contributed by atoms with E-state index in [-0.39, 0.29) is 30.0 Å². The van der Waals surface area contributed by atoms with Crippen molar-refractivity contribution in [2.75, 3.05) is 13.7 Å². The van der Waals surface area contributed by atoms with Crippen LogP contribution in [0.1, 0.15) is 29.9 Å². The van der Waals surface area contributed by atoms with Gasteiger partial charge in [0.05, 0.1) is 16.9 Å². The average Bonchev–Trinajstić information content (AvgIpc) is 3.18. The number of hydrogen-bond acceptors (Lipinski definition) is 5. The zero-order valence-electron chi connectivity index (χ0n) is 14.9. The largest absolute Gasteiger partial charge is 0.377 e. The van der Waals surface area contributed by atoms with Gasteiger partial charge in [-0.2, -0.15) is 5.10 Å². The van der Waals surface area contributed by atoms with Crippen LogP contribution in [0.4, 0.5) is 0 Å². The summed E-state index contributed by atoms with van der Waals surface area (Å²) in [6.07, 6.45) is 1.92. The minimum atomic E-state index is 0. The molecule has 1 atom stereocenters. The lowest BCUT2D eigenvalue weighted by molar-refractivity contribution is 0.177. The number of nitrogens with zero attached hydrogens (tertiary/aromatic N) is 4. The Morgan fingerprint density at radius 2 is 2.35 bits per heavy atom. The Morgan fingerprint density at radius 3 is 3.04 bits per heavy atom. The number of fused-ring (bicyclic) bond motifs is 1. The second kappa shape index (κ2) is 10.6. The van der Waals surface area contributed by atoms with Crippen molar-refractivity contribution in [3.8, 4) is 0 Å². The third kappa shape index (κ3) is 5.89. The first kappa shape index (κ1) is 21.6. The van der Waals surface area contributed by atoms with Gasteiger partial charge >= 0.3 is 0 Å². The molecule has 7 nitrogen and oxygen atoms in total. The van der Waals surface area contributed by atoms with Crippen molar-refractivity contribution in [2.45, 2.75) is 45.5 Å². The number of thiophene rings is 1. The van der Waals surface area contributed by atoms with Crippen LogP contribution in [0, 0.1) is 0 Å². The molecular formula is C16H24BrIN6OS. The summed E-state index contributed by atoms with van der Waals surface area (Å²) >= 11 is 5.20. The molecule has 1 aliphatic rings. The van der Waals surface area contributed by atoms with Crippen LogP contribution < -0.4 is 10.6 Å². The lowest BCUT2D eigenvalue weighted by Gasteiger charge is -2.25. The van der Waals surface area contributed by atoms with Gasteiger partial charge in [-0.1, -0.05) is 0 Å². The van der Waals surface area contributed by atoms with E-state index in [1.807, 2.05) is 4.68 Å². The van der Waals surface area contributed by atoms with Crippen LogP contribution in [0.2, 0.25) is 0 Å². The summed E-state index contributed by atoms with van der Waals surface area (Å²) in [5, 5.41) is 11.4. The zero-order chi connectivity index (χ0) is 17.6. The second-order valence-corrected chi connectivity index (χ2v) is 8.39. The molecule has 144 valence electrons.